The number of amides is 1. The molecule has 0 aliphatic carbocycles. The standard InChI is InChI=1S/C18H17NO2/c1-19-16(20)12-15(13-8-4-2-5-9-13)17(19)18(21)14-10-6-3-7-11-14/h2-11,15,17H,12H2,1H3/t15-,17-/m1/s1. The monoisotopic (exact) mass is 279 g/mol. The van der Waals surface area contributed by atoms with Crippen LogP contribution in [0.3, 0.4) is 0 Å². The Balaban J connectivity index is 1.97. The predicted molar refractivity (Wildman–Crippen MR) is 81.1 cm³/mol. The number of likely N-dealkylation sites (N-methyl/N-ethyl adjacent to an activating group) is 1. The zero-order chi connectivity index (χ0) is 14.8. The quantitative estimate of drug-likeness (QED) is 0.810. The Labute approximate surface area is 124 Å². The average molecular weight is 279 g/mol. The molecule has 0 bridgehead atoms. The minimum atomic E-state index is -0.415. The van der Waals surface area contributed by atoms with Gasteiger partial charge in [0.25, 0.3) is 0 Å². The molecule has 0 radical (unpaired) electrons. The summed E-state index contributed by atoms with van der Waals surface area (Å²) in [6.07, 6.45) is 0.393. The van der Waals surface area contributed by atoms with Crippen molar-refractivity contribution >= 4 is 11.7 Å². The van der Waals surface area contributed by atoms with Gasteiger partial charge in [-0.25, -0.2) is 0 Å². The summed E-state index contributed by atoms with van der Waals surface area (Å²) in [7, 11) is 1.72. The van der Waals surface area contributed by atoms with E-state index in [9.17, 15) is 9.59 Å². The summed E-state index contributed by atoms with van der Waals surface area (Å²) in [5.74, 6) is -0.0349. The van der Waals surface area contributed by atoms with E-state index in [0.717, 1.165) is 5.56 Å². The minimum absolute atomic E-state index is 0.0119. The molecule has 0 spiro atoms. The third-order valence-corrected chi connectivity index (χ3v) is 4.14. The summed E-state index contributed by atoms with van der Waals surface area (Å²) in [6, 6.07) is 18.6. The van der Waals surface area contributed by atoms with Crippen LogP contribution in [0, 0.1) is 0 Å². The van der Waals surface area contributed by atoms with Crippen LogP contribution in [0.25, 0.3) is 0 Å². The summed E-state index contributed by atoms with van der Waals surface area (Å²) in [5, 5.41) is 0. The summed E-state index contributed by atoms with van der Waals surface area (Å²) in [6.45, 7) is 0. The van der Waals surface area contributed by atoms with Gasteiger partial charge in [-0.2, -0.15) is 0 Å². The van der Waals surface area contributed by atoms with E-state index in [1.807, 2.05) is 48.5 Å². The molecule has 1 aliphatic heterocycles. The molecule has 3 heteroatoms. The molecule has 2 aromatic rings. The topological polar surface area (TPSA) is 37.4 Å². The molecular formula is C18H17NO2. The summed E-state index contributed by atoms with van der Waals surface area (Å²) < 4.78 is 0. The van der Waals surface area contributed by atoms with Crippen LogP contribution in [-0.4, -0.2) is 29.7 Å². The van der Waals surface area contributed by atoms with Crippen molar-refractivity contribution in [2.75, 3.05) is 7.05 Å². The maximum absolute atomic E-state index is 12.8. The maximum atomic E-state index is 12.8. The van der Waals surface area contributed by atoms with E-state index < -0.39 is 6.04 Å². The van der Waals surface area contributed by atoms with Gasteiger partial charge in [-0.15, -0.1) is 0 Å². The largest absolute Gasteiger partial charge is 0.335 e. The van der Waals surface area contributed by atoms with E-state index in [1.165, 1.54) is 0 Å². The van der Waals surface area contributed by atoms with Crippen LogP contribution >= 0.6 is 0 Å². The van der Waals surface area contributed by atoms with E-state index in [2.05, 4.69) is 0 Å². The fourth-order valence-electron chi connectivity index (χ4n) is 3.00. The second kappa shape index (κ2) is 5.52. The second-order valence-corrected chi connectivity index (χ2v) is 5.40. The van der Waals surface area contributed by atoms with Crippen LogP contribution < -0.4 is 0 Å². The van der Waals surface area contributed by atoms with Gasteiger partial charge >= 0.3 is 0 Å². The highest BCUT2D eigenvalue weighted by Crippen LogP contribution is 2.35. The molecule has 21 heavy (non-hydrogen) atoms. The van der Waals surface area contributed by atoms with Gasteiger partial charge in [0.1, 0.15) is 6.04 Å². The van der Waals surface area contributed by atoms with E-state index in [0.29, 0.717) is 12.0 Å². The van der Waals surface area contributed by atoms with Gasteiger partial charge in [0.05, 0.1) is 0 Å². The Hall–Kier alpha value is -2.42. The molecule has 1 fully saturated rings. The molecule has 1 amide bonds. The zero-order valence-electron chi connectivity index (χ0n) is 11.9. The third-order valence-electron chi connectivity index (χ3n) is 4.14. The fraction of sp³-hybridized carbons (Fsp3) is 0.222. The van der Waals surface area contributed by atoms with Crippen LogP contribution in [-0.2, 0) is 4.79 Å². The van der Waals surface area contributed by atoms with Crippen molar-refractivity contribution in [3.8, 4) is 0 Å². The van der Waals surface area contributed by atoms with Crippen molar-refractivity contribution in [1.82, 2.24) is 4.90 Å². The fourth-order valence-corrected chi connectivity index (χ4v) is 3.00. The SMILES string of the molecule is CN1C(=O)C[C@H](c2ccccc2)[C@@H]1C(=O)c1ccccc1. The first kappa shape index (κ1) is 13.6. The van der Waals surface area contributed by atoms with Crippen molar-refractivity contribution in [3.05, 3.63) is 71.8 Å². The van der Waals surface area contributed by atoms with Crippen LogP contribution in [0.15, 0.2) is 60.7 Å². The summed E-state index contributed by atoms with van der Waals surface area (Å²) in [5.41, 5.74) is 1.70. The smallest absolute Gasteiger partial charge is 0.223 e. The van der Waals surface area contributed by atoms with Gasteiger partial charge < -0.3 is 4.90 Å². The number of hydrogen-bond donors (Lipinski definition) is 0. The first-order chi connectivity index (χ1) is 10.2. The normalized spacial score (nSPS) is 21.6. The van der Waals surface area contributed by atoms with Crippen molar-refractivity contribution in [3.63, 3.8) is 0 Å². The molecule has 1 aliphatic rings. The zero-order valence-corrected chi connectivity index (χ0v) is 11.9. The molecule has 2 atom stereocenters. The number of ketones is 1. The number of Topliss-reactive ketones (excluding diaryl/α,β-unsaturated/α-hetero) is 1. The number of nitrogens with zero attached hydrogens (tertiary/aromatic N) is 1. The number of carbonyl (C=O) groups excluding carboxylic acids is 2. The van der Waals surface area contributed by atoms with Crippen LogP contribution in [0.1, 0.15) is 28.3 Å². The van der Waals surface area contributed by atoms with Gasteiger partial charge in [-0.05, 0) is 5.56 Å². The Morgan fingerprint density at radius 3 is 2.19 bits per heavy atom. The molecule has 3 rings (SSSR count). The maximum Gasteiger partial charge on any atom is 0.223 e. The van der Waals surface area contributed by atoms with E-state index >= 15 is 0 Å². The van der Waals surface area contributed by atoms with Gasteiger partial charge in [-0.1, -0.05) is 60.7 Å². The second-order valence-electron chi connectivity index (χ2n) is 5.40. The molecule has 3 nitrogen and oxygen atoms in total. The number of hydrogen-bond acceptors (Lipinski definition) is 2. The lowest BCUT2D eigenvalue weighted by molar-refractivity contribution is -0.127. The van der Waals surface area contributed by atoms with Crippen molar-refractivity contribution < 1.29 is 9.59 Å². The molecule has 1 heterocycles. The third kappa shape index (κ3) is 2.47. The van der Waals surface area contributed by atoms with E-state index in [-0.39, 0.29) is 17.6 Å². The Kier molecular flexibility index (Phi) is 3.57. The number of rotatable bonds is 3. The number of carbonyl (C=O) groups is 2. The number of likely N-dealkylation sites (tertiary alicyclic amines) is 1. The Morgan fingerprint density at radius 1 is 1.00 bits per heavy atom. The first-order valence-corrected chi connectivity index (χ1v) is 7.08. The molecule has 0 saturated carbocycles. The highest BCUT2D eigenvalue weighted by Gasteiger charge is 2.42. The highest BCUT2D eigenvalue weighted by atomic mass is 16.2. The van der Waals surface area contributed by atoms with Gasteiger partial charge in [0, 0.05) is 24.9 Å². The Morgan fingerprint density at radius 2 is 1.57 bits per heavy atom. The molecule has 1 saturated heterocycles. The van der Waals surface area contributed by atoms with Crippen molar-refractivity contribution in [1.29, 1.82) is 0 Å². The van der Waals surface area contributed by atoms with Crippen LogP contribution in [0.5, 0.6) is 0 Å². The van der Waals surface area contributed by atoms with Crippen LogP contribution in [0.4, 0.5) is 0 Å². The highest BCUT2D eigenvalue weighted by molar-refractivity contribution is 6.04. The molecule has 2 aromatic carbocycles. The van der Waals surface area contributed by atoms with Crippen molar-refractivity contribution in [2.24, 2.45) is 0 Å². The molecule has 0 aromatic heterocycles. The first-order valence-electron chi connectivity index (χ1n) is 7.08. The average Bonchev–Trinajstić information content (AvgIpc) is 2.84. The van der Waals surface area contributed by atoms with E-state index in [1.54, 1.807) is 24.1 Å². The Bertz CT molecular complexity index is 651. The van der Waals surface area contributed by atoms with Gasteiger partial charge in [0.15, 0.2) is 5.78 Å². The van der Waals surface area contributed by atoms with Crippen molar-refractivity contribution in [2.45, 2.75) is 18.4 Å². The molecular weight excluding hydrogens is 262 g/mol. The van der Waals surface area contributed by atoms with E-state index in [4.69, 9.17) is 0 Å². The van der Waals surface area contributed by atoms with Gasteiger partial charge in [-0.3, -0.25) is 9.59 Å². The lowest BCUT2D eigenvalue weighted by Gasteiger charge is -2.24. The lowest BCUT2D eigenvalue weighted by atomic mass is 9.87. The number of benzene rings is 2. The molecule has 0 unspecified atom stereocenters. The summed E-state index contributed by atoms with van der Waals surface area (Å²) >= 11 is 0. The predicted octanol–water partition coefficient (Wildman–Crippen LogP) is 2.88. The minimum Gasteiger partial charge on any atom is -0.335 e. The van der Waals surface area contributed by atoms with Crippen LogP contribution in [0.2, 0.25) is 0 Å². The molecule has 106 valence electrons. The molecule has 0 N–H and O–H groups in total. The lowest BCUT2D eigenvalue weighted by Crippen LogP contribution is -2.38. The summed E-state index contributed by atoms with van der Waals surface area (Å²) in [4.78, 5) is 26.5. The van der Waals surface area contributed by atoms with Gasteiger partial charge in [0.2, 0.25) is 5.91 Å².